The average molecular weight is 202 g/mol. The lowest BCUT2D eigenvalue weighted by molar-refractivity contribution is 0.508. The zero-order chi connectivity index (χ0) is 10.8. The smallest absolute Gasteiger partial charge is 0.261 e. The zero-order valence-electron chi connectivity index (χ0n) is 8.97. The number of hydrogen-bond donors (Lipinski definition) is 0. The van der Waals surface area contributed by atoms with Crippen molar-refractivity contribution in [3.05, 3.63) is 40.9 Å². The Hall–Kier alpha value is -1.64. The molecule has 2 aromatic rings. The fourth-order valence-electron chi connectivity index (χ4n) is 1.63. The van der Waals surface area contributed by atoms with E-state index in [4.69, 9.17) is 0 Å². The van der Waals surface area contributed by atoms with Crippen molar-refractivity contribution in [2.45, 2.75) is 20.4 Å². The van der Waals surface area contributed by atoms with E-state index in [0.29, 0.717) is 11.3 Å². The Balaban J connectivity index is 2.60. The molecule has 3 nitrogen and oxygen atoms in total. The summed E-state index contributed by atoms with van der Waals surface area (Å²) in [6.45, 7) is 4.89. The normalized spacial score (nSPS) is 11.1. The zero-order valence-corrected chi connectivity index (χ0v) is 8.97. The predicted octanol–water partition coefficient (Wildman–Crippen LogP) is 2.05. The molecule has 0 fully saturated rings. The highest BCUT2D eigenvalue weighted by molar-refractivity contribution is 5.76. The van der Waals surface area contributed by atoms with Gasteiger partial charge in [0.2, 0.25) is 0 Å². The van der Waals surface area contributed by atoms with Crippen LogP contribution in [-0.4, -0.2) is 9.55 Å². The molecule has 1 aromatic carbocycles. The van der Waals surface area contributed by atoms with Crippen LogP contribution in [0, 0.1) is 5.92 Å². The molecule has 1 aromatic heterocycles. The van der Waals surface area contributed by atoms with Crippen molar-refractivity contribution in [2.24, 2.45) is 5.92 Å². The lowest BCUT2D eigenvalue weighted by Crippen LogP contribution is -2.22. The van der Waals surface area contributed by atoms with Crippen LogP contribution in [0.5, 0.6) is 0 Å². The standard InChI is InChI=1S/C12H14N2O/c1-9(2)7-14-8-13-11-6-4-3-5-10(11)12(14)15/h3-6,8-9H,7H2,1-2H3. The minimum absolute atomic E-state index is 0.0503. The minimum atomic E-state index is 0.0503. The van der Waals surface area contributed by atoms with Crippen LogP contribution in [0.3, 0.4) is 0 Å². The molecule has 0 atom stereocenters. The molecule has 2 rings (SSSR count). The van der Waals surface area contributed by atoms with Crippen molar-refractivity contribution in [3.63, 3.8) is 0 Å². The molecule has 0 bridgehead atoms. The minimum Gasteiger partial charge on any atom is -0.298 e. The Morgan fingerprint density at radius 3 is 2.80 bits per heavy atom. The molecule has 0 saturated carbocycles. The first kappa shape index (κ1) is 9.90. The molecule has 0 spiro atoms. The molecule has 3 heteroatoms. The van der Waals surface area contributed by atoms with Crippen LogP contribution < -0.4 is 5.56 Å². The molecule has 0 amide bonds. The Morgan fingerprint density at radius 2 is 2.07 bits per heavy atom. The summed E-state index contributed by atoms with van der Waals surface area (Å²) in [6.07, 6.45) is 1.63. The largest absolute Gasteiger partial charge is 0.298 e. The molecule has 0 saturated heterocycles. The first-order valence-electron chi connectivity index (χ1n) is 5.12. The first-order valence-corrected chi connectivity index (χ1v) is 5.12. The molecule has 0 N–H and O–H groups in total. The van der Waals surface area contributed by atoms with E-state index >= 15 is 0 Å². The van der Waals surface area contributed by atoms with Crippen molar-refractivity contribution < 1.29 is 0 Å². The highest BCUT2D eigenvalue weighted by Gasteiger charge is 2.03. The average Bonchev–Trinajstić information content (AvgIpc) is 2.22. The summed E-state index contributed by atoms with van der Waals surface area (Å²) in [5, 5.41) is 0.695. The number of benzene rings is 1. The summed E-state index contributed by atoms with van der Waals surface area (Å²) in [7, 11) is 0. The highest BCUT2D eigenvalue weighted by Crippen LogP contribution is 2.05. The maximum absolute atomic E-state index is 12.0. The van der Waals surface area contributed by atoms with Crippen LogP contribution in [0.4, 0.5) is 0 Å². The van der Waals surface area contributed by atoms with Gasteiger partial charge in [0, 0.05) is 6.54 Å². The van der Waals surface area contributed by atoms with E-state index in [9.17, 15) is 4.79 Å². The van der Waals surface area contributed by atoms with Crippen molar-refractivity contribution in [3.8, 4) is 0 Å². The molecule has 0 unspecified atom stereocenters. The van der Waals surface area contributed by atoms with Gasteiger partial charge in [-0.1, -0.05) is 26.0 Å². The van der Waals surface area contributed by atoms with Crippen molar-refractivity contribution in [1.29, 1.82) is 0 Å². The topological polar surface area (TPSA) is 34.9 Å². The molecule has 0 aliphatic heterocycles. The first-order chi connectivity index (χ1) is 7.18. The molecule has 15 heavy (non-hydrogen) atoms. The number of fused-ring (bicyclic) bond motifs is 1. The summed E-state index contributed by atoms with van der Waals surface area (Å²) in [6, 6.07) is 7.44. The quantitative estimate of drug-likeness (QED) is 0.747. The fraction of sp³-hybridized carbons (Fsp3) is 0.333. The Labute approximate surface area is 88.4 Å². The van der Waals surface area contributed by atoms with Crippen molar-refractivity contribution in [2.75, 3.05) is 0 Å². The molecular weight excluding hydrogens is 188 g/mol. The SMILES string of the molecule is CC(C)Cn1cnc2ccccc2c1=O. The van der Waals surface area contributed by atoms with E-state index in [0.717, 1.165) is 12.1 Å². The summed E-state index contributed by atoms with van der Waals surface area (Å²) in [5.74, 6) is 0.450. The van der Waals surface area contributed by atoms with Crippen LogP contribution >= 0.6 is 0 Å². The second-order valence-electron chi connectivity index (χ2n) is 4.11. The number of para-hydroxylation sites is 1. The van der Waals surface area contributed by atoms with E-state index < -0.39 is 0 Å². The second kappa shape index (κ2) is 3.85. The van der Waals surface area contributed by atoms with Gasteiger partial charge in [-0.25, -0.2) is 4.98 Å². The maximum Gasteiger partial charge on any atom is 0.261 e. The fourth-order valence-corrected chi connectivity index (χ4v) is 1.63. The summed E-state index contributed by atoms with van der Waals surface area (Å²) in [5.41, 5.74) is 0.816. The molecule has 78 valence electrons. The van der Waals surface area contributed by atoms with Gasteiger partial charge in [-0.15, -0.1) is 0 Å². The second-order valence-corrected chi connectivity index (χ2v) is 4.11. The third-order valence-electron chi connectivity index (χ3n) is 2.29. The molecule has 0 aliphatic rings. The van der Waals surface area contributed by atoms with Gasteiger partial charge in [0.25, 0.3) is 5.56 Å². The van der Waals surface area contributed by atoms with Gasteiger partial charge in [0.05, 0.1) is 17.2 Å². The molecular formula is C12H14N2O. The van der Waals surface area contributed by atoms with E-state index in [-0.39, 0.29) is 5.56 Å². The third kappa shape index (κ3) is 1.91. The number of nitrogens with zero attached hydrogens (tertiary/aromatic N) is 2. The van der Waals surface area contributed by atoms with Gasteiger partial charge in [-0.3, -0.25) is 9.36 Å². The van der Waals surface area contributed by atoms with Crippen LogP contribution in [0.1, 0.15) is 13.8 Å². The lowest BCUT2D eigenvalue weighted by Gasteiger charge is -2.08. The summed E-state index contributed by atoms with van der Waals surface area (Å²) >= 11 is 0. The Morgan fingerprint density at radius 1 is 1.33 bits per heavy atom. The number of aromatic nitrogens is 2. The predicted molar refractivity (Wildman–Crippen MR) is 60.8 cm³/mol. The van der Waals surface area contributed by atoms with Gasteiger partial charge in [0.1, 0.15) is 0 Å². The van der Waals surface area contributed by atoms with E-state index in [1.165, 1.54) is 0 Å². The Kier molecular flexibility index (Phi) is 2.54. The summed E-state index contributed by atoms with van der Waals surface area (Å²) in [4.78, 5) is 16.2. The monoisotopic (exact) mass is 202 g/mol. The van der Waals surface area contributed by atoms with Gasteiger partial charge in [-0.2, -0.15) is 0 Å². The molecule has 0 radical (unpaired) electrons. The van der Waals surface area contributed by atoms with Gasteiger partial charge >= 0.3 is 0 Å². The van der Waals surface area contributed by atoms with E-state index in [1.54, 1.807) is 10.9 Å². The Bertz CT molecular complexity index is 528. The van der Waals surface area contributed by atoms with Crippen LogP contribution in [0.15, 0.2) is 35.4 Å². The van der Waals surface area contributed by atoms with Gasteiger partial charge in [0.15, 0.2) is 0 Å². The van der Waals surface area contributed by atoms with Gasteiger partial charge < -0.3 is 0 Å². The van der Waals surface area contributed by atoms with Crippen LogP contribution in [0.25, 0.3) is 10.9 Å². The van der Waals surface area contributed by atoms with E-state index in [1.807, 2.05) is 24.3 Å². The molecule has 0 aliphatic carbocycles. The van der Waals surface area contributed by atoms with Crippen molar-refractivity contribution in [1.82, 2.24) is 9.55 Å². The summed E-state index contributed by atoms with van der Waals surface area (Å²) < 4.78 is 1.67. The third-order valence-corrected chi connectivity index (χ3v) is 2.29. The van der Waals surface area contributed by atoms with Crippen LogP contribution in [0.2, 0.25) is 0 Å². The van der Waals surface area contributed by atoms with E-state index in [2.05, 4.69) is 18.8 Å². The molecule has 1 heterocycles. The van der Waals surface area contributed by atoms with Gasteiger partial charge in [-0.05, 0) is 18.1 Å². The van der Waals surface area contributed by atoms with Crippen LogP contribution in [-0.2, 0) is 6.54 Å². The number of hydrogen-bond acceptors (Lipinski definition) is 2. The maximum atomic E-state index is 12.0. The number of rotatable bonds is 2. The highest BCUT2D eigenvalue weighted by atomic mass is 16.1. The lowest BCUT2D eigenvalue weighted by atomic mass is 10.2. The van der Waals surface area contributed by atoms with Crippen molar-refractivity contribution >= 4 is 10.9 Å².